The number of fused-ring (bicyclic) bond motifs is 1. The maximum Gasteiger partial charge on any atom is 0.260 e. The first-order chi connectivity index (χ1) is 12.1. The summed E-state index contributed by atoms with van der Waals surface area (Å²) in [7, 11) is 3.38. The zero-order valence-corrected chi connectivity index (χ0v) is 15.2. The van der Waals surface area contributed by atoms with E-state index in [-0.39, 0.29) is 18.6 Å². The topological polar surface area (TPSA) is 51.7 Å². The summed E-state index contributed by atoms with van der Waals surface area (Å²) in [6, 6.07) is 15.0. The van der Waals surface area contributed by atoms with Crippen molar-refractivity contribution in [1.82, 2.24) is 9.88 Å². The van der Waals surface area contributed by atoms with Crippen LogP contribution in [0.3, 0.4) is 0 Å². The van der Waals surface area contributed by atoms with E-state index in [4.69, 9.17) is 9.47 Å². The van der Waals surface area contributed by atoms with Gasteiger partial charge in [-0.05, 0) is 43.3 Å². The third kappa shape index (κ3) is 3.91. The second-order valence-corrected chi connectivity index (χ2v) is 6.73. The molecule has 0 aliphatic heterocycles. The molecule has 130 valence electrons. The Morgan fingerprint density at radius 3 is 2.52 bits per heavy atom. The Hall–Kier alpha value is -2.60. The summed E-state index contributed by atoms with van der Waals surface area (Å²) in [5, 5.41) is 0.918. The number of ether oxygens (including phenoxy) is 2. The summed E-state index contributed by atoms with van der Waals surface area (Å²) < 4.78 is 11.8. The van der Waals surface area contributed by atoms with Gasteiger partial charge in [-0.1, -0.05) is 12.1 Å². The fraction of sp³-hybridized carbons (Fsp3) is 0.263. The van der Waals surface area contributed by atoms with Crippen LogP contribution < -0.4 is 9.47 Å². The predicted molar refractivity (Wildman–Crippen MR) is 99.3 cm³/mol. The number of hydrogen-bond acceptors (Lipinski definition) is 5. The molecule has 0 saturated heterocycles. The molecule has 0 aliphatic rings. The first-order valence-electron chi connectivity index (χ1n) is 7.96. The van der Waals surface area contributed by atoms with Crippen LogP contribution in [-0.4, -0.2) is 36.6 Å². The number of methoxy groups -OCH3 is 1. The minimum atomic E-state index is -0.107. The number of aromatic nitrogens is 1. The number of nitrogens with zero attached hydrogens (tertiary/aromatic N) is 2. The number of carbonyl (C=O) groups is 1. The van der Waals surface area contributed by atoms with E-state index >= 15 is 0 Å². The molecule has 5 nitrogen and oxygen atoms in total. The van der Waals surface area contributed by atoms with Gasteiger partial charge in [0.15, 0.2) is 6.61 Å². The van der Waals surface area contributed by atoms with Crippen LogP contribution in [-0.2, 0) is 4.79 Å². The van der Waals surface area contributed by atoms with Crippen molar-refractivity contribution in [2.75, 3.05) is 20.8 Å². The smallest absolute Gasteiger partial charge is 0.260 e. The average Bonchev–Trinajstić information content (AvgIpc) is 3.09. The molecule has 1 aromatic heterocycles. The van der Waals surface area contributed by atoms with Gasteiger partial charge in [-0.3, -0.25) is 4.79 Å². The number of carbonyl (C=O) groups excluding carboxylic acids is 1. The highest BCUT2D eigenvalue weighted by atomic mass is 32.1. The van der Waals surface area contributed by atoms with Crippen molar-refractivity contribution in [2.24, 2.45) is 0 Å². The van der Waals surface area contributed by atoms with Gasteiger partial charge < -0.3 is 14.4 Å². The predicted octanol–water partition coefficient (Wildman–Crippen LogP) is 3.90. The van der Waals surface area contributed by atoms with Gasteiger partial charge in [0.2, 0.25) is 0 Å². The summed E-state index contributed by atoms with van der Waals surface area (Å²) in [6.07, 6.45) is 0. The van der Waals surface area contributed by atoms with E-state index < -0.39 is 0 Å². The fourth-order valence-corrected chi connectivity index (χ4v) is 3.43. The molecule has 0 saturated carbocycles. The van der Waals surface area contributed by atoms with Crippen LogP contribution in [0, 0.1) is 0 Å². The molecule has 0 bridgehead atoms. The van der Waals surface area contributed by atoms with Crippen molar-refractivity contribution >= 4 is 27.5 Å². The summed E-state index contributed by atoms with van der Waals surface area (Å²) in [5.74, 6) is 1.29. The van der Waals surface area contributed by atoms with Gasteiger partial charge >= 0.3 is 0 Å². The largest absolute Gasteiger partial charge is 0.497 e. The second kappa shape index (κ2) is 7.53. The van der Waals surface area contributed by atoms with Crippen molar-refractivity contribution in [1.29, 1.82) is 0 Å². The lowest BCUT2D eigenvalue weighted by Gasteiger charge is -2.23. The zero-order chi connectivity index (χ0) is 17.8. The maximum absolute atomic E-state index is 12.4. The van der Waals surface area contributed by atoms with Crippen LogP contribution in [0.2, 0.25) is 0 Å². The molecule has 2 aromatic carbocycles. The van der Waals surface area contributed by atoms with Crippen molar-refractivity contribution < 1.29 is 14.3 Å². The second-order valence-electron chi connectivity index (χ2n) is 5.66. The van der Waals surface area contributed by atoms with Gasteiger partial charge in [0.05, 0.1) is 23.4 Å². The highest BCUT2D eigenvalue weighted by molar-refractivity contribution is 7.18. The molecular weight excluding hydrogens is 336 g/mol. The SMILES string of the molecule is COc1ccc(OCC(=O)N(C)[C@@H](C)c2nc3ccccc3s2)cc1. The molecule has 25 heavy (non-hydrogen) atoms. The Kier molecular flexibility index (Phi) is 5.19. The highest BCUT2D eigenvalue weighted by Gasteiger charge is 2.21. The van der Waals surface area contributed by atoms with E-state index in [0.717, 1.165) is 21.0 Å². The lowest BCUT2D eigenvalue weighted by molar-refractivity contribution is -0.134. The van der Waals surface area contributed by atoms with Crippen LogP contribution in [0.1, 0.15) is 18.0 Å². The third-order valence-electron chi connectivity index (χ3n) is 4.06. The summed E-state index contributed by atoms with van der Waals surface area (Å²) in [4.78, 5) is 18.7. The molecule has 6 heteroatoms. The third-order valence-corrected chi connectivity index (χ3v) is 5.27. The summed E-state index contributed by atoms with van der Waals surface area (Å²) >= 11 is 1.61. The molecule has 0 spiro atoms. The summed E-state index contributed by atoms with van der Waals surface area (Å²) in [6.45, 7) is 1.96. The van der Waals surface area contributed by atoms with E-state index in [1.54, 1.807) is 54.7 Å². The molecule has 0 radical (unpaired) electrons. The van der Waals surface area contributed by atoms with Crippen LogP contribution >= 0.6 is 11.3 Å². The van der Waals surface area contributed by atoms with Gasteiger partial charge in [0.1, 0.15) is 16.5 Å². The zero-order valence-electron chi connectivity index (χ0n) is 14.4. The minimum absolute atomic E-state index is 0.0158. The first kappa shape index (κ1) is 17.2. The van der Waals surface area contributed by atoms with E-state index in [1.165, 1.54) is 0 Å². The Labute approximate surface area is 150 Å². The van der Waals surface area contributed by atoms with Gasteiger partial charge in [0, 0.05) is 7.05 Å². The van der Waals surface area contributed by atoms with Crippen molar-refractivity contribution in [3.63, 3.8) is 0 Å². The number of para-hydroxylation sites is 1. The number of thiazole rings is 1. The molecule has 1 heterocycles. The Morgan fingerprint density at radius 2 is 1.84 bits per heavy atom. The van der Waals surface area contributed by atoms with E-state index in [0.29, 0.717) is 5.75 Å². The normalized spacial score (nSPS) is 12.0. The maximum atomic E-state index is 12.4. The number of rotatable bonds is 6. The molecule has 0 aliphatic carbocycles. The number of likely N-dealkylation sites (N-methyl/N-ethyl adjacent to an activating group) is 1. The van der Waals surface area contributed by atoms with Gasteiger partial charge in [-0.15, -0.1) is 11.3 Å². The quantitative estimate of drug-likeness (QED) is 0.672. The fourth-order valence-electron chi connectivity index (χ4n) is 2.37. The molecule has 3 aromatic rings. The lowest BCUT2D eigenvalue weighted by atomic mass is 10.3. The van der Waals surface area contributed by atoms with Crippen molar-refractivity contribution in [2.45, 2.75) is 13.0 Å². The lowest BCUT2D eigenvalue weighted by Crippen LogP contribution is -2.33. The molecule has 1 amide bonds. The molecule has 1 atom stereocenters. The van der Waals surface area contributed by atoms with E-state index in [9.17, 15) is 4.79 Å². The Bertz CT molecular complexity index is 827. The average molecular weight is 356 g/mol. The van der Waals surface area contributed by atoms with Crippen LogP contribution in [0.15, 0.2) is 48.5 Å². The Morgan fingerprint density at radius 1 is 1.16 bits per heavy atom. The number of amides is 1. The molecular formula is C19H20N2O3S. The molecule has 3 rings (SSSR count). The standard InChI is InChI=1S/C19H20N2O3S/c1-13(19-20-16-6-4-5-7-17(16)25-19)21(2)18(22)12-24-15-10-8-14(23-3)9-11-15/h4-11,13H,12H2,1-3H3/t13-/m0/s1. The van der Waals surface area contributed by atoms with E-state index in [2.05, 4.69) is 4.98 Å². The van der Waals surface area contributed by atoms with Crippen LogP contribution in [0.5, 0.6) is 11.5 Å². The minimum Gasteiger partial charge on any atom is -0.497 e. The van der Waals surface area contributed by atoms with Crippen molar-refractivity contribution in [3.05, 3.63) is 53.5 Å². The number of benzene rings is 2. The van der Waals surface area contributed by atoms with Crippen LogP contribution in [0.4, 0.5) is 0 Å². The highest BCUT2D eigenvalue weighted by Crippen LogP contribution is 2.28. The van der Waals surface area contributed by atoms with Gasteiger partial charge in [-0.2, -0.15) is 0 Å². The number of hydrogen-bond donors (Lipinski definition) is 0. The molecule has 0 N–H and O–H groups in total. The van der Waals surface area contributed by atoms with Crippen LogP contribution in [0.25, 0.3) is 10.2 Å². The van der Waals surface area contributed by atoms with Crippen molar-refractivity contribution in [3.8, 4) is 11.5 Å². The van der Waals surface area contributed by atoms with E-state index in [1.807, 2.05) is 31.2 Å². The van der Waals surface area contributed by atoms with Gasteiger partial charge in [-0.25, -0.2) is 4.98 Å². The van der Waals surface area contributed by atoms with Gasteiger partial charge in [0.25, 0.3) is 5.91 Å². The first-order valence-corrected chi connectivity index (χ1v) is 8.78. The monoisotopic (exact) mass is 356 g/mol. The molecule has 0 fully saturated rings. The molecule has 0 unspecified atom stereocenters. The Balaban J connectivity index is 1.62. The summed E-state index contributed by atoms with van der Waals surface area (Å²) in [5.41, 5.74) is 0.963.